The third-order valence-corrected chi connectivity index (χ3v) is 3.29. The summed E-state index contributed by atoms with van der Waals surface area (Å²) in [7, 11) is 0. The van der Waals surface area contributed by atoms with Crippen molar-refractivity contribution >= 4 is 11.0 Å². The maximum Gasteiger partial charge on any atom is 0.126 e. The number of H-pyrrole nitrogens is 1. The summed E-state index contributed by atoms with van der Waals surface area (Å²) in [5.41, 5.74) is 4.99. The van der Waals surface area contributed by atoms with Gasteiger partial charge in [0.15, 0.2) is 0 Å². The summed E-state index contributed by atoms with van der Waals surface area (Å²) in [4.78, 5) is 7.84. The Kier molecular flexibility index (Phi) is 2.82. The molecule has 0 saturated carbocycles. The minimum absolute atomic E-state index is 0.184. The van der Waals surface area contributed by atoms with Crippen molar-refractivity contribution in [2.24, 2.45) is 0 Å². The molecule has 0 radical (unpaired) electrons. The van der Waals surface area contributed by atoms with Gasteiger partial charge in [0.25, 0.3) is 0 Å². The van der Waals surface area contributed by atoms with Gasteiger partial charge < -0.3 is 4.98 Å². The van der Waals surface area contributed by atoms with Crippen LogP contribution < -0.4 is 0 Å². The summed E-state index contributed by atoms with van der Waals surface area (Å²) in [6, 6.07) is 11.0. The van der Waals surface area contributed by atoms with E-state index in [1.165, 1.54) is 11.6 Å². The standard InChI is InChI=1S/C16H15FN2/c1-10-7-11(2)16-14(8-10)18-15(19-16)9-12-5-3-4-6-13(12)17/h3-8H,9H2,1-2H3,(H,18,19). The molecule has 19 heavy (non-hydrogen) atoms. The Hall–Kier alpha value is -2.16. The predicted octanol–water partition coefficient (Wildman–Crippen LogP) is 3.91. The molecule has 1 heterocycles. The number of nitrogens with one attached hydrogen (secondary N) is 1. The highest BCUT2D eigenvalue weighted by molar-refractivity contribution is 5.79. The first-order valence-electron chi connectivity index (χ1n) is 6.33. The second kappa shape index (κ2) is 4.50. The molecule has 0 spiro atoms. The van der Waals surface area contributed by atoms with Crippen molar-refractivity contribution in [3.63, 3.8) is 0 Å². The SMILES string of the molecule is Cc1cc(C)c2nc(Cc3ccccc3F)[nH]c2c1. The van der Waals surface area contributed by atoms with Gasteiger partial charge in [-0.05, 0) is 42.7 Å². The Labute approximate surface area is 111 Å². The Morgan fingerprint density at radius 2 is 1.95 bits per heavy atom. The van der Waals surface area contributed by atoms with Crippen LogP contribution in [0, 0.1) is 19.7 Å². The van der Waals surface area contributed by atoms with Gasteiger partial charge in [0.2, 0.25) is 0 Å². The highest BCUT2D eigenvalue weighted by atomic mass is 19.1. The van der Waals surface area contributed by atoms with E-state index in [0.29, 0.717) is 12.0 Å². The van der Waals surface area contributed by atoms with E-state index < -0.39 is 0 Å². The van der Waals surface area contributed by atoms with Crippen molar-refractivity contribution in [3.8, 4) is 0 Å². The van der Waals surface area contributed by atoms with Crippen LogP contribution in [0.15, 0.2) is 36.4 Å². The topological polar surface area (TPSA) is 28.7 Å². The Bertz CT molecular complexity index is 744. The molecular formula is C16H15FN2. The van der Waals surface area contributed by atoms with Crippen LogP contribution in [0.3, 0.4) is 0 Å². The number of fused-ring (bicyclic) bond motifs is 1. The summed E-state index contributed by atoms with van der Waals surface area (Å²) in [5, 5.41) is 0. The van der Waals surface area contributed by atoms with E-state index in [4.69, 9.17) is 0 Å². The van der Waals surface area contributed by atoms with Crippen molar-refractivity contribution < 1.29 is 4.39 Å². The van der Waals surface area contributed by atoms with Crippen molar-refractivity contribution in [3.05, 3.63) is 64.7 Å². The summed E-state index contributed by atoms with van der Waals surface area (Å²) in [6.07, 6.45) is 0.486. The molecule has 0 fully saturated rings. The minimum atomic E-state index is -0.184. The molecule has 2 aromatic carbocycles. The number of aromatic nitrogens is 2. The molecule has 3 aromatic rings. The van der Waals surface area contributed by atoms with Gasteiger partial charge >= 0.3 is 0 Å². The van der Waals surface area contributed by atoms with Crippen molar-refractivity contribution in [2.75, 3.05) is 0 Å². The van der Waals surface area contributed by atoms with Crippen molar-refractivity contribution in [1.82, 2.24) is 9.97 Å². The first-order chi connectivity index (χ1) is 9.13. The largest absolute Gasteiger partial charge is 0.342 e. The number of hydrogen-bond acceptors (Lipinski definition) is 1. The molecule has 0 atom stereocenters. The number of nitrogens with zero attached hydrogens (tertiary/aromatic N) is 1. The molecule has 0 bridgehead atoms. The van der Waals surface area contributed by atoms with Gasteiger partial charge in [-0.15, -0.1) is 0 Å². The second-order valence-corrected chi connectivity index (χ2v) is 4.93. The number of halogens is 1. The molecule has 3 heteroatoms. The van der Waals surface area contributed by atoms with Crippen LogP contribution in [0.2, 0.25) is 0 Å². The van der Waals surface area contributed by atoms with Gasteiger partial charge in [-0.1, -0.05) is 24.3 Å². The van der Waals surface area contributed by atoms with E-state index >= 15 is 0 Å². The molecule has 1 aromatic heterocycles. The fourth-order valence-electron chi connectivity index (χ4n) is 2.43. The predicted molar refractivity (Wildman–Crippen MR) is 74.8 cm³/mol. The molecule has 0 aliphatic carbocycles. The zero-order valence-electron chi connectivity index (χ0n) is 11.0. The number of rotatable bonds is 2. The maximum atomic E-state index is 13.6. The monoisotopic (exact) mass is 254 g/mol. The quantitative estimate of drug-likeness (QED) is 0.738. The third kappa shape index (κ3) is 2.24. The molecule has 1 N–H and O–H groups in total. The van der Waals surface area contributed by atoms with E-state index in [2.05, 4.69) is 29.0 Å². The fourth-order valence-corrected chi connectivity index (χ4v) is 2.43. The lowest BCUT2D eigenvalue weighted by atomic mass is 10.1. The summed E-state index contributed by atoms with van der Waals surface area (Å²) >= 11 is 0. The minimum Gasteiger partial charge on any atom is -0.342 e. The van der Waals surface area contributed by atoms with E-state index in [1.54, 1.807) is 12.1 Å². The molecule has 2 nitrogen and oxygen atoms in total. The average molecular weight is 254 g/mol. The lowest BCUT2D eigenvalue weighted by Gasteiger charge is -1.99. The first-order valence-corrected chi connectivity index (χ1v) is 6.33. The maximum absolute atomic E-state index is 13.6. The van der Waals surface area contributed by atoms with Crippen LogP contribution >= 0.6 is 0 Å². The van der Waals surface area contributed by atoms with Crippen LogP contribution in [-0.4, -0.2) is 9.97 Å². The van der Waals surface area contributed by atoms with Gasteiger partial charge in [0.05, 0.1) is 11.0 Å². The van der Waals surface area contributed by atoms with E-state index in [1.807, 2.05) is 13.0 Å². The smallest absolute Gasteiger partial charge is 0.126 e. The van der Waals surface area contributed by atoms with Crippen molar-refractivity contribution in [1.29, 1.82) is 0 Å². The van der Waals surface area contributed by atoms with Crippen molar-refractivity contribution in [2.45, 2.75) is 20.3 Å². The highest BCUT2D eigenvalue weighted by Crippen LogP contribution is 2.20. The molecule has 3 rings (SSSR count). The zero-order valence-corrected chi connectivity index (χ0v) is 11.0. The van der Waals surface area contributed by atoms with Gasteiger partial charge in [-0.25, -0.2) is 9.37 Å². The van der Waals surface area contributed by atoms with Crippen LogP contribution in [0.1, 0.15) is 22.5 Å². The number of aryl methyl sites for hydroxylation is 2. The summed E-state index contributed by atoms with van der Waals surface area (Å²) < 4.78 is 13.6. The van der Waals surface area contributed by atoms with E-state index in [9.17, 15) is 4.39 Å². The third-order valence-electron chi connectivity index (χ3n) is 3.29. The molecule has 0 aliphatic rings. The molecule has 0 unspecified atom stereocenters. The lowest BCUT2D eigenvalue weighted by molar-refractivity contribution is 0.612. The Balaban J connectivity index is 2.03. The van der Waals surface area contributed by atoms with Gasteiger partial charge in [-0.3, -0.25) is 0 Å². The van der Waals surface area contributed by atoms with Gasteiger partial charge in [0, 0.05) is 6.42 Å². The lowest BCUT2D eigenvalue weighted by Crippen LogP contribution is -1.93. The first kappa shape index (κ1) is 11.9. The fraction of sp³-hybridized carbons (Fsp3) is 0.188. The van der Waals surface area contributed by atoms with Gasteiger partial charge in [0.1, 0.15) is 11.6 Å². The molecule has 0 aliphatic heterocycles. The average Bonchev–Trinajstić information content (AvgIpc) is 2.75. The summed E-state index contributed by atoms with van der Waals surface area (Å²) in [6.45, 7) is 4.10. The number of aromatic amines is 1. The molecule has 96 valence electrons. The summed E-state index contributed by atoms with van der Waals surface area (Å²) in [5.74, 6) is 0.615. The number of hydrogen-bond donors (Lipinski definition) is 1. The highest BCUT2D eigenvalue weighted by Gasteiger charge is 2.08. The van der Waals surface area contributed by atoms with E-state index in [-0.39, 0.29) is 5.82 Å². The molecular weight excluding hydrogens is 239 g/mol. The van der Waals surface area contributed by atoms with Crippen LogP contribution in [0.5, 0.6) is 0 Å². The van der Waals surface area contributed by atoms with Gasteiger partial charge in [-0.2, -0.15) is 0 Å². The normalized spacial score (nSPS) is 11.1. The Morgan fingerprint density at radius 1 is 1.16 bits per heavy atom. The van der Waals surface area contributed by atoms with Crippen LogP contribution in [0.25, 0.3) is 11.0 Å². The van der Waals surface area contributed by atoms with Crippen LogP contribution in [0.4, 0.5) is 4.39 Å². The number of imidazole rings is 1. The zero-order chi connectivity index (χ0) is 13.4. The second-order valence-electron chi connectivity index (χ2n) is 4.93. The van der Waals surface area contributed by atoms with Crippen LogP contribution in [-0.2, 0) is 6.42 Å². The Morgan fingerprint density at radius 3 is 2.74 bits per heavy atom. The molecule has 0 amide bonds. The molecule has 0 saturated heterocycles. The number of benzene rings is 2. The van der Waals surface area contributed by atoms with E-state index in [0.717, 1.165) is 22.4 Å².